The second-order valence-corrected chi connectivity index (χ2v) is 8.93. The number of ether oxygens (including phenoxy) is 2. The van der Waals surface area contributed by atoms with E-state index in [1.54, 1.807) is 22.0 Å². The molecule has 0 aromatic heterocycles. The Hall–Kier alpha value is -1.74. The lowest BCUT2D eigenvalue weighted by Crippen LogP contribution is -2.60. The molecule has 0 saturated carbocycles. The molecule has 26 heavy (non-hydrogen) atoms. The van der Waals surface area contributed by atoms with Gasteiger partial charge in [0.05, 0.1) is 23.0 Å². The average Bonchev–Trinajstić information content (AvgIpc) is 3.50. The van der Waals surface area contributed by atoms with Crippen molar-refractivity contribution >= 4 is 11.8 Å². The highest BCUT2D eigenvalue weighted by Crippen LogP contribution is 2.78. The first-order valence-corrected chi connectivity index (χ1v) is 9.28. The summed E-state index contributed by atoms with van der Waals surface area (Å²) in [5.41, 5.74) is 0.423. The van der Waals surface area contributed by atoms with E-state index in [9.17, 15) is 19.8 Å². The van der Waals surface area contributed by atoms with Gasteiger partial charge in [-0.3, -0.25) is 9.59 Å². The molecular weight excluding hydrogens is 340 g/mol. The fraction of sp³-hybridized carbons (Fsp3) is 0.667. The van der Waals surface area contributed by atoms with Crippen LogP contribution in [-0.2, 0) is 19.1 Å². The van der Waals surface area contributed by atoms with Crippen LogP contribution in [-0.4, -0.2) is 80.5 Å². The lowest BCUT2D eigenvalue weighted by atomic mass is 9.52. The summed E-state index contributed by atoms with van der Waals surface area (Å²) in [5, 5.41) is 20.8. The minimum Gasteiger partial charge on any atom is -0.386 e. The molecule has 0 radical (unpaired) electrons. The van der Waals surface area contributed by atoms with E-state index in [-0.39, 0.29) is 36.2 Å². The van der Waals surface area contributed by atoms with Gasteiger partial charge in [-0.15, -0.1) is 0 Å². The van der Waals surface area contributed by atoms with Gasteiger partial charge in [0.2, 0.25) is 0 Å². The van der Waals surface area contributed by atoms with Crippen molar-refractivity contribution in [3.8, 4) is 0 Å². The van der Waals surface area contributed by atoms with Crippen molar-refractivity contribution in [3.05, 3.63) is 23.5 Å². The second kappa shape index (κ2) is 3.40. The highest BCUT2D eigenvalue weighted by Gasteiger charge is 2.87. The van der Waals surface area contributed by atoms with Crippen molar-refractivity contribution in [1.82, 2.24) is 9.80 Å². The van der Waals surface area contributed by atoms with Crippen LogP contribution in [0.3, 0.4) is 0 Å². The van der Waals surface area contributed by atoms with Gasteiger partial charge in [0.1, 0.15) is 36.5 Å². The molecule has 134 valence electrons. The van der Waals surface area contributed by atoms with Gasteiger partial charge in [-0.2, -0.15) is 0 Å². The molecule has 7 saturated heterocycles. The Morgan fingerprint density at radius 3 is 1.69 bits per heavy atom. The zero-order chi connectivity index (χ0) is 17.3. The summed E-state index contributed by atoms with van der Waals surface area (Å²) < 4.78 is 11.9. The number of fused-ring (bicyclic) bond motifs is 2. The Kier molecular flexibility index (Phi) is 1.75. The second-order valence-electron chi connectivity index (χ2n) is 8.93. The summed E-state index contributed by atoms with van der Waals surface area (Å²) in [5.74, 6) is -0.152. The third kappa shape index (κ3) is 0.981. The number of aliphatic hydroxyl groups excluding tert-OH is 2. The first kappa shape index (κ1) is 13.4. The minimum atomic E-state index is -0.756. The summed E-state index contributed by atoms with van der Waals surface area (Å²) in [6.07, 6.45) is 2.00. The maximum Gasteiger partial charge on any atom is 0.250 e. The molecule has 7 fully saturated rings. The predicted molar refractivity (Wildman–Crippen MR) is 80.9 cm³/mol. The molecule has 2 aliphatic carbocycles. The summed E-state index contributed by atoms with van der Waals surface area (Å²) in [6, 6.07) is -1.09. The van der Waals surface area contributed by atoms with Crippen LogP contribution in [0.4, 0.5) is 0 Å². The molecule has 8 heteroatoms. The third-order valence-electron chi connectivity index (χ3n) is 8.28. The molecular formula is C18H16N2O6. The number of amides is 2. The van der Waals surface area contributed by atoms with E-state index >= 15 is 0 Å². The number of hydrogen-bond donors (Lipinski definition) is 2. The first-order valence-electron chi connectivity index (χ1n) is 9.28. The van der Waals surface area contributed by atoms with Crippen molar-refractivity contribution in [2.24, 2.45) is 10.8 Å². The third-order valence-corrected chi connectivity index (χ3v) is 8.28. The maximum absolute atomic E-state index is 13.3. The smallest absolute Gasteiger partial charge is 0.250 e. The average molecular weight is 356 g/mol. The quantitative estimate of drug-likeness (QED) is 0.498. The van der Waals surface area contributed by atoms with Crippen LogP contribution in [0.15, 0.2) is 23.5 Å². The number of piperazine rings is 1. The van der Waals surface area contributed by atoms with E-state index < -0.39 is 35.1 Å². The highest BCUT2D eigenvalue weighted by molar-refractivity contribution is 6.03. The van der Waals surface area contributed by atoms with E-state index in [1.807, 2.05) is 0 Å². The molecule has 2 amide bonds. The van der Waals surface area contributed by atoms with E-state index in [4.69, 9.17) is 9.47 Å². The minimum absolute atomic E-state index is 0.0760. The molecule has 7 aliphatic heterocycles. The SMILES string of the molecule is O=C1C2C[C@@]34C(=CC(O)C5OC53)N2C(=O)C2C[C@]43C(=CC(O)C4OC43)N12. The van der Waals surface area contributed by atoms with Gasteiger partial charge in [-0.25, -0.2) is 0 Å². The summed E-state index contributed by atoms with van der Waals surface area (Å²) in [7, 11) is 0. The molecule has 6 bridgehead atoms. The van der Waals surface area contributed by atoms with Crippen LogP contribution in [0, 0.1) is 10.8 Å². The highest BCUT2D eigenvalue weighted by atomic mass is 16.6. The maximum atomic E-state index is 13.3. The monoisotopic (exact) mass is 356 g/mol. The van der Waals surface area contributed by atoms with Crippen LogP contribution in [0.2, 0.25) is 0 Å². The molecule has 7 heterocycles. The normalized spacial score (nSPS) is 61.6. The van der Waals surface area contributed by atoms with E-state index in [1.165, 1.54) is 0 Å². The lowest BCUT2D eigenvalue weighted by molar-refractivity contribution is -0.153. The predicted octanol–water partition coefficient (Wildman–Crippen LogP) is -1.76. The van der Waals surface area contributed by atoms with Crippen LogP contribution in [0.5, 0.6) is 0 Å². The van der Waals surface area contributed by atoms with Crippen LogP contribution in [0.25, 0.3) is 0 Å². The molecule has 9 aliphatic rings. The number of carbonyl (C=O) groups excluding carboxylic acids is 2. The van der Waals surface area contributed by atoms with Crippen LogP contribution in [0.1, 0.15) is 12.8 Å². The molecule has 2 N–H and O–H groups in total. The summed E-state index contributed by atoms with van der Waals surface area (Å²) >= 11 is 0. The Bertz CT molecular complexity index is 855. The Morgan fingerprint density at radius 2 is 1.27 bits per heavy atom. The Balaban J connectivity index is 1.53. The van der Waals surface area contributed by atoms with Crippen molar-refractivity contribution in [3.63, 3.8) is 0 Å². The van der Waals surface area contributed by atoms with Crippen molar-refractivity contribution in [2.75, 3.05) is 0 Å². The van der Waals surface area contributed by atoms with Crippen molar-refractivity contribution in [1.29, 1.82) is 0 Å². The standard InChI is InChI=1S/C18H16N2O6/c21-7-1-9-17(13-11(7)25-13)3-5-16(24)20-6(15(23)19(5)9)4-18(17)10(20)2-8(22)12-14(18)26-12/h1-2,5-8,11-14,21-22H,3-4H2/t5?,6?,7?,8?,11?,12?,13?,14?,17-,18-/m1/s1. The molecule has 9 rings (SSSR count). The van der Waals surface area contributed by atoms with Gasteiger partial charge in [-0.05, 0) is 25.0 Å². The Labute approximate surface area is 147 Å². The molecule has 10 atom stereocenters. The molecule has 2 spiro atoms. The summed E-state index contributed by atoms with van der Waals surface area (Å²) in [6.45, 7) is 0. The molecule has 0 aromatic rings. The van der Waals surface area contributed by atoms with Gasteiger partial charge in [0.15, 0.2) is 0 Å². The number of rotatable bonds is 0. The lowest BCUT2D eigenvalue weighted by Gasteiger charge is -2.49. The number of carbonyl (C=O) groups is 2. The van der Waals surface area contributed by atoms with E-state index in [0.29, 0.717) is 12.8 Å². The largest absolute Gasteiger partial charge is 0.386 e. The topological polar surface area (TPSA) is 106 Å². The van der Waals surface area contributed by atoms with Crippen LogP contribution < -0.4 is 0 Å². The molecule has 8 nitrogen and oxygen atoms in total. The summed E-state index contributed by atoms with van der Waals surface area (Å²) in [4.78, 5) is 29.9. The van der Waals surface area contributed by atoms with Crippen molar-refractivity contribution in [2.45, 2.75) is 61.5 Å². The van der Waals surface area contributed by atoms with Gasteiger partial charge in [0.25, 0.3) is 11.8 Å². The van der Waals surface area contributed by atoms with E-state index in [2.05, 4.69) is 0 Å². The van der Waals surface area contributed by atoms with Gasteiger partial charge in [0, 0.05) is 11.4 Å². The van der Waals surface area contributed by atoms with Gasteiger partial charge < -0.3 is 29.5 Å². The Morgan fingerprint density at radius 1 is 0.846 bits per heavy atom. The zero-order valence-corrected chi connectivity index (χ0v) is 13.6. The van der Waals surface area contributed by atoms with Crippen molar-refractivity contribution < 1.29 is 29.3 Å². The number of nitrogens with zero attached hydrogens (tertiary/aromatic N) is 2. The van der Waals surface area contributed by atoms with Gasteiger partial charge in [-0.1, -0.05) is 0 Å². The van der Waals surface area contributed by atoms with Crippen LogP contribution >= 0.6 is 0 Å². The number of epoxide rings is 2. The first-order chi connectivity index (χ1) is 12.5. The van der Waals surface area contributed by atoms with Gasteiger partial charge >= 0.3 is 0 Å². The van der Waals surface area contributed by atoms with E-state index in [0.717, 1.165) is 11.4 Å². The zero-order valence-electron chi connectivity index (χ0n) is 13.6. The number of hydrogen-bond acceptors (Lipinski definition) is 6. The number of aliphatic hydroxyl groups is 2. The fourth-order valence-electron chi connectivity index (χ4n) is 7.41. The fourth-order valence-corrected chi connectivity index (χ4v) is 7.41. The molecule has 8 unspecified atom stereocenters. The molecule has 0 aromatic carbocycles.